The molecule has 0 amide bonds. The molecule has 0 bridgehead atoms. The Hall–Kier alpha value is -0.800. The van der Waals surface area contributed by atoms with E-state index in [-0.39, 0.29) is 5.22 Å². The van der Waals surface area contributed by atoms with Gasteiger partial charge in [-0.2, -0.15) is 0 Å². The van der Waals surface area contributed by atoms with Crippen molar-refractivity contribution in [2.45, 2.75) is 0 Å². The average molecular weight is 259 g/mol. The lowest BCUT2D eigenvalue weighted by atomic mass is 10.2. The van der Waals surface area contributed by atoms with Crippen LogP contribution in [0.3, 0.4) is 0 Å². The van der Waals surface area contributed by atoms with Gasteiger partial charge in [-0.15, -0.1) is 0 Å². The highest BCUT2D eigenvalue weighted by molar-refractivity contribution is 9.10. The fourth-order valence-electron chi connectivity index (χ4n) is 1.18. The Morgan fingerprint density at radius 1 is 1.46 bits per heavy atom. The molecule has 2 nitrogen and oxygen atoms in total. The Bertz CT molecular complexity index is 476. The predicted molar refractivity (Wildman–Crippen MR) is 54.3 cm³/mol. The number of aldehydes is 1. The Balaban J connectivity index is 2.93. The summed E-state index contributed by atoms with van der Waals surface area (Å²) in [6.07, 6.45) is 0.695. The van der Waals surface area contributed by atoms with Crippen LogP contribution in [0.2, 0.25) is 5.22 Å². The number of furan rings is 1. The lowest BCUT2D eigenvalue weighted by molar-refractivity contribution is 0.112. The van der Waals surface area contributed by atoms with Crippen LogP contribution in [0.15, 0.2) is 27.1 Å². The van der Waals surface area contributed by atoms with Gasteiger partial charge in [0.2, 0.25) is 5.22 Å². The molecule has 0 atom stereocenters. The first-order valence-corrected chi connectivity index (χ1v) is 4.73. The van der Waals surface area contributed by atoms with E-state index >= 15 is 0 Å². The summed E-state index contributed by atoms with van der Waals surface area (Å²) in [5, 5.41) is 0.867. The SMILES string of the molecule is O=Cc1c(Cl)oc2c(Br)cccc12. The maximum Gasteiger partial charge on any atom is 0.205 e. The van der Waals surface area contributed by atoms with Crippen molar-refractivity contribution < 1.29 is 9.21 Å². The predicted octanol–water partition coefficient (Wildman–Crippen LogP) is 3.66. The highest BCUT2D eigenvalue weighted by atomic mass is 79.9. The number of hydrogen-bond donors (Lipinski definition) is 0. The lowest BCUT2D eigenvalue weighted by Crippen LogP contribution is -1.75. The third-order valence-electron chi connectivity index (χ3n) is 1.78. The second-order valence-corrected chi connectivity index (χ2v) is 3.72. The van der Waals surface area contributed by atoms with Crippen molar-refractivity contribution >= 4 is 44.8 Å². The molecule has 2 rings (SSSR count). The highest BCUT2D eigenvalue weighted by Crippen LogP contribution is 2.32. The van der Waals surface area contributed by atoms with Crippen molar-refractivity contribution in [1.29, 1.82) is 0 Å². The zero-order valence-corrected chi connectivity index (χ0v) is 8.72. The highest BCUT2D eigenvalue weighted by Gasteiger charge is 2.12. The molecule has 4 heteroatoms. The van der Waals surface area contributed by atoms with Crippen LogP contribution in [0.5, 0.6) is 0 Å². The smallest absolute Gasteiger partial charge is 0.205 e. The lowest BCUT2D eigenvalue weighted by Gasteiger charge is -1.89. The number of carbonyl (C=O) groups excluding carboxylic acids is 1. The number of halogens is 2. The van der Waals surface area contributed by atoms with E-state index < -0.39 is 0 Å². The van der Waals surface area contributed by atoms with Gasteiger partial charge in [0, 0.05) is 5.39 Å². The van der Waals surface area contributed by atoms with Crippen molar-refractivity contribution in [3.8, 4) is 0 Å². The first-order valence-electron chi connectivity index (χ1n) is 3.55. The van der Waals surface area contributed by atoms with Crippen LogP contribution < -0.4 is 0 Å². The standard InChI is InChI=1S/C9H4BrClO2/c10-7-3-1-2-5-6(4-12)9(11)13-8(5)7/h1-4H. The largest absolute Gasteiger partial charge is 0.443 e. The van der Waals surface area contributed by atoms with Crippen molar-refractivity contribution in [2.75, 3.05) is 0 Å². The summed E-state index contributed by atoms with van der Waals surface area (Å²) in [6, 6.07) is 5.45. The van der Waals surface area contributed by atoms with E-state index in [4.69, 9.17) is 16.0 Å². The summed E-state index contributed by atoms with van der Waals surface area (Å²) in [4.78, 5) is 10.7. The maximum absolute atomic E-state index is 10.7. The van der Waals surface area contributed by atoms with Gasteiger partial charge in [0.25, 0.3) is 0 Å². The van der Waals surface area contributed by atoms with Gasteiger partial charge in [0.15, 0.2) is 11.9 Å². The molecular weight excluding hydrogens is 255 g/mol. The van der Waals surface area contributed by atoms with Gasteiger partial charge >= 0.3 is 0 Å². The van der Waals surface area contributed by atoms with E-state index in [0.717, 1.165) is 9.86 Å². The van der Waals surface area contributed by atoms with Crippen molar-refractivity contribution in [1.82, 2.24) is 0 Å². The van der Waals surface area contributed by atoms with Crippen molar-refractivity contribution in [2.24, 2.45) is 0 Å². The van der Waals surface area contributed by atoms with Crippen LogP contribution in [0.1, 0.15) is 10.4 Å². The fourth-order valence-corrected chi connectivity index (χ4v) is 1.86. The molecule has 0 radical (unpaired) electrons. The quantitative estimate of drug-likeness (QED) is 0.732. The number of para-hydroxylation sites is 1. The summed E-state index contributed by atoms with van der Waals surface area (Å²) in [5.41, 5.74) is 1.01. The second-order valence-electron chi connectivity index (χ2n) is 2.52. The number of rotatable bonds is 1. The zero-order chi connectivity index (χ0) is 9.42. The maximum atomic E-state index is 10.7. The van der Waals surface area contributed by atoms with Crippen LogP contribution >= 0.6 is 27.5 Å². The third-order valence-corrected chi connectivity index (χ3v) is 2.68. The first-order chi connectivity index (χ1) is 6.24. The Morgan fingerprint density at radius 2 is 2.23 bits per heavy atom. The molecule has 0 unspecified atom stereocenters. The van der Waals surface area contributed by atoms with E-state index in [2.05, 4.69) is 15.9 Å². The molecule has 0 aliphatic rings. The van der Waals surface area contributed by atoms with Gasteiger partial charge < -0.3 is 4.42 Å². The third kappa shape index (κ3) is 1.28. The molecule has 0 fully saturated rings. The molecule has 1 aromatic carbocycles. The molecule has 1 aromatic heterocycles. The summed E-state index contributed by atoms with van der Waals surface area (Å²) < 4.78 is 6.00. The molecule has 0 N–H and O–H groups in total. The Morgan fingerprint density at radius 3 is 2.92 bits per heavy atom. The topological polar surface area (TPSA) is 30.2 Å². The molecule has 13 heavy (non-hydrogen) atoms. The van der Waals surface area contributed by atoms with Gasteiger partial charge in [-0.3, -0.25) is 4.79 Å². The minimum atomic E-state index is 0.136. The molecule has 0 saturated heterocycles. The van der Waals surface area contributed by atoms with Crippen LogP contribution in [0.25, 0.3) is 11.0 Å². The molecular formula is C9H4BrClO2. The number of carbonyl (C=O) groups is 1. The first kappa shape index (κ1) is 8.78. The fraction of sp³-hybridized carbons (Fsp3) is 0. The summed E-state index contributed by atoms with van der Waals surface area (Å²) in [7, 11) is 0. The Kier molecular flexibility index (Phi) is 2.14. The van der Waals surface area contributed by atoms with Gasteiger partial charge in [0.1, 0.15) is 0 Å². The van der Waals surface area contributed by atoms with Crippen LogP contribution in [-0.4, -0.2) is 6.29 Å². The minimum Gasteiger partial charge on any atom is -0.443 e. The molecule has 0 saturated carbocycles. The van der Waals surface area contributed by atoms with Crippen molar-refractivity contribution in [3.05, 3.63) is 33.5 Å². The number of benzene rings is 1. The van der Waals surface area contributed by atoms with Crippen LogP contribution in [0.4, 0.5) is 0 Å². The van der Waals surface area contributed by atoms with E-state index in [1.807, 2.05) is 12.1 Å². The molecule has 0 spiro atoms. The minimum absolute atomic E-state index is 0.136. The van der Waals surface area contributed by atoms with Gasteiger partial charge in [-0.05, 0) is 33.6 Å². The van der Waals surface area contributed by atoms with E-state index in [9.17, 15) is 4.79 Å². The molecule has 0 aliphatic heterocycles. The van der Waals surface area contributed by atoms with Gasteiger partial charge in [0.05, 0.1) is 10.0 Å². The molecule has 66 valence electrons. The number of hydrogen-bond acceptors (Lipinski definition) is 2. The summed E-state index contributed by atoms with van der Waals surface area (Å²) >= 11 is 9.03. The van der Waals surface area contributed by atoms with E-state index in [0.29, 0.717) is 17.4 Å². The van der Waals surface area contributed by atoms with Gasteiger partial charge in [-0.1, -0.05) is 12.1 Å². The summed E-state index contributed by atoms with van der Waals surface area (Å²) in [6.45, 7) is 0. The molecule has 1 heterocycles. The summed E-state index contributed by atoms with van der Waals surface area (Å²) in [5.74, 6) is 0. The number of fused-ring (bicyclic) bond motifs is 1. The second kappa shape index (κ2) is 3.16. The Labute approximate surface area is 87.6 Å². The van der Waals surface area contributed by atoms with Crippen molar-refractivity contribution in [3.63, 3.8) is 0 Å². The van der Waals surface area contributed by atoms with E-state index in [1.54, 1.807) is 6.07 Å². The zero-order valence-electron chi connectivity index (χ0n) is 6.38. The van der Waals surface area contributed by atoms with Gasteiger partial charge in [-0.25, -0.2) is 0 Å². The normalized spacial score (nSPS) is 10.6. The van der Waals surface area contributed by atoms with Crippen LogP contribution in [0, 0.1) is 0 Å². The average Bonchev–Trinajstić information content (AvgIpc) is 2.43. The monoisotopic (exact) mass is 258 g/mol. The van der Waals surface area contributed by atoms with E-state index in [1.165, 1.54) is 0 Å². The van der Waals surface area contributed by atoms with Crippen LogP contribution in [-0.2, 0) is 0 Å². The molecule has 0 aliphatic carbocycles. The molecule has 2 aromatic rings.